The largest absolute Gasteiger partial charge is 0.480 e. The van der Waals surface area contributed by atoms with Gasteiger partial charge in [-0.3, -0.25) is 4.79 Å². The fraction of sp³-hybridized carbons (Fsp3) is 0.857. The summed E-state index contributed by atoms with van der Waals surface area (Å²) in [4.78, 5) is 23.2. The quantitative estimate of drug-likeness (QED) is 0.753. The minimum Gasteiger partial charge on any atom is -0.480 e. The number of hydrogen-bond donors (Lipinski definition) is 2. The highest BCUT2D eigenvalue weighted by Crippen LogP contribution is 2.40. The molecule has 2 saturated heterocycles. The third kappa shape index (κ3) is 3.95. The smallest absolute Gasteiger partial charge is 0.407 e. The number of rotatable bonds is 2. The summed E-state index contributed by atoms with van der Waals surface area (Å²) in [5.41, 5.74) is -1.62. The first kappa shape index (κ1) is 18.0. The topological polar surface area (TPSA) is 119 Å². The lowest BCUT2D eigenvalue weighted by Gasteiger charge is -2.40. The molecule has 0 radical (unpaired) electrons. The van der Waals surface area contributed by atoms with Crippen molar-refractivity contribution in [1.29, 1.82) is 0 Å². The van der Waals surface area contributed by atoms with Crippen molar-refractivity contribution in [2.75, 3.05) is 12.4 Å². The van der Waals surface area contributed by atoms with Gasteiger partial charge in [0.05, 0.1) is 17.4 Å². The molecule has 0 aromatic rings. The summed E-state index contributed by atoms with van der Waals surface area (Å²) in [6.45, 7) is 5.55. The van der Waals surface area contributed by atoms with E-state index >= 15 is 0 Å². The summed E-state index contributed by atoms with van der Waals surface area (Å²) in [5, 5.41) is 10.4. The van der Waals surface area contributed by atoms with E-state index in [1.807, 2.05) is 0 Å². The Labute approximate surface area is 135 Å². The zero-order valence-corrected chi connectivity index (χ0v) is 14.3. The van der Waals surface area contributed by atoms with Crippen LogP contribution in [-0.2, 0) is 24.1 Å². The first-order valence-electron chi connectivity index (χ1n) is 7.53. The number of amides is 1. The minimum absolute atomic E-state index is 0.162. The van der Waals surface area contributed by atoms with Crippen LogP contribution in [0.4, 0.5) is 4.79 Å². The Bertz CT molecular complexity index is 595. The zero-order chi connectivity index (χ0) is 17.5. The van der Waals surface area contributed by atoms with Gasteiger partial charge in [0.2, 0.25) is 0 Å². The van der Waals surface area contributed by atoms with Crippen LogP contribution in [0.25, 0.3) is 0 Å². The van der Waals surface area contributed by atoms with Crippen LogP contribution in [-0.4, -0.2) is 60.4 Å². The second kappa shape index (κ2) is 5.94. The first-order valence-corrected chi connectivity index (χ1v) is 9.25. The number of carboxylic acids is 1. The molecule has 132 valence electrons. The fourth-order valence-electron chi connectivity index (χ4n) is 3.09. The van der Waals surface area contributed by atoms with E-state index in [0.717, 1.165) is 0 Å². The Morgan fingerprint density at radius 3 is 2.57 bits per heavy atom. The third-order valence-corrected chi connectivity index (χ3v) is 6.18. The summed E-state index contributed by atoms with van der Waals surface area (Å²) in [6, 6.07) is -0.463. The molecule has 3 unspecified atom stereocenters. The van der Waals surface area contributed by atoms with Gasteiger partial charge in [-0.1, -0.05) is 0 Å². The second-order valence-corrected chi connectivity index (χ2v) is 9.35. The van der Waals surface area contributed by atoms with E-state index in [1.165, 1.54) is 0 Å². The molecule has 23 heavy (non-hydrogen) atoms. The highest BCUT2D eigenvalue weighted by Gasteiger charge is 2.54. The molecule has 8 nitrogen and oxygen atoms in total. The molecule has 1 amide bonds. The molecular formula is C14H23NO7S. The molecule has 0 aromatic carbocycles. The maximum atomic E-state index is 12.0. The van der Waals surface area contributed by atoms with Gasteiger partial charge in [-0.2, -0.15) is 0 Å². The molecule has 0 aliphatic carbocycles. The highest BCUT2D eigenvalue weighted by atomic mass is 32.2. The summed E-state index contributed by atoms with van der Waals surface area (Å²) >= 11 is 0. The molecule has 9 heteroatoms. The number of carboxylic acid groups (broad SMARTS) is 1. The molecule has 1 spiro atoms. The van der Waals surface area contributed by atoms with E-state index in [4.69, 9.17) is 9.47 Å². The van der Waals surface area contributed by atoms with Gasteiger partial charge in [0.25, 0.3) is 0 Å². The van der Waals surface area contributed by atoms with Gasteiger partial charge in [-0.15, -0.1) is 0 Å². The summed E-state index contributed by atoms with van der Waals surface area (Å²) in [7, 11) is -3.69. The fourth-order valence-corrected chi connectivity index (χ4v) is 4.84. The third-order valence-electron chi connectivity index (χ3n) is 4.17. The molecule has 2 heterocycles. The second-order valence-electron chi connectivity index (χ2n) is 7.05. The standard InChI is InChI=1S/C14H23NO7S/c1-13(2,3)22-12(18)15-10-4-6-21-14(10)5-7-23(19,20)9(8-14)11(16)17/h9-10H,4-8H2,1-3H3,(H,15,18)(H,16,17). The Morgan fingerprint density at radius 2 is 2.00 bits per heavy atom. The maximum absolute atomic E-state index is 12.0. The van der Waals surface area contributed by atoms with Crippen molar-refractivity contribution >= 4 is 21.9 Å². The van der Waals surface area contributed by atoms with Gasteiger partial charge < -0.3 is 19.9 Å². The van der Waals surface area contributed by atoms with Gasteiger partial charge in [0.15, 0.2) is 15.1 Å². The van der Waals surface area contributed by atoms with Gasteiger partial charge >= 0.3 is 12.1 Å². The monoisotopic (exact) mass is 349 g/mol. The van der Waals surface area contributed by atoms with Crippen molar-refractivity contribution in [3.8, 4) is 0 Å². The van der Waals surface area contributed by atoms with Crippen molar-refractivity contribution in [3.05, 3.63) is 0 Å². The molecule has 2 fully saturated rings. The lowest BCUT2D eigenvalue weighted by molar-refractivity contribution is -0.138. The van der Waals surface area contributed by atoms with Gasteiger partial charge in [0, 0.05) is 13.0 Å². The number of nitrogens with one attached hydrogen (secondary N) is 1. The van der Waals surface area contributed by atoms with E-state index in [9.17, 15) is 23.1 Å². The number of ether oxygens (including phenoxy) is 2. The number of aliphatic carboxylic acids is 1. The minimum atomic E-state index is -3.69. The van der Waals surface area contributed by atoms with Crippen molar-refractivity contribution in [2.24, 2.45) is 0 Å². The number of alkyl carbamates (subject to hydrolysis) is 1. The van der Waals surface area contributed by atoms with Crippen LogP contribution in [0.2, 0.25) is 0 Å². The normalized spacial score (nSPS) is 33.3. The van der Waals surface area contributed by atoms with E-state index < -0.39 is 44.4 Å². The average molecular weight is 349 g/mol. The summed E-state index contributed by atoms with van der Waals surface area (Å²) in [5.74, 6) is -1.65. The van der Waals surface area contributed by atoms with Crippen LogP contribution < -0.4 is 5.32 Å². The van der Waals surface area contributed by atoms with Crippen LogP contribution >= 0.6 is 0 Å². The van der Waals surface area contributed by atoms with Crippen LogP contribution in [0, 0.1) is 0 Å². The predicted octanol–water partition coefficient (Wildman–Crippen LogP) is 0.701. The summed E-state index contributed by atoms with van der Waals surface area (Å²) < 4.78 is 34.8. The van der Waals surface area contributed by atoms with Gasteiger partial charge in [-0.25, -0.2) is 13.2 Å². The lowest BCUT2D eigenvalue weighted by Crippen LogP contribution is -2.57. The van der Waals surface area contributed by atoms with Crippen molar-refractivity contribution in [3.63, 3.8) is 0 Å². The SMILES string of the molecule is CC(C)(C)OC(=O)NC1CCOC12CCS(=O)(=O)C(C(=O)O)C2. The molecule has 0 aromatic heterocycles. The number of carbonyl (C=O) groups excluding carboxylic acids is 1. The van der Waals surface area contributed by atoms with Crippen LogP contribution in [0.1, 0.15) is 40.0 Å². The molecule has 3 atom stereocenters. The highest BCUT2D eigenvalue weighted by molar-refractivity contribution is 7.92. The molecule has 2 N–H and O–H groups in total. The number of hydrogen-bond acceptors (Lipinski definition) is 6. The molecule has 2 aliphatic heterocycles. The van der Waals surface area contributed by atoms with Crippen molar-refractivity contribution < 1.29 is 32.6 Å². The van der Waals surface area contributed by atoms with E-state index in [-0.39, 0.29) is 18.6 Å². The predicted molar refractivity (Wildman–Crippen MR) is 80.9 cm³/mol. The Kier molecular flexibility index (Phi) is 4.64. The van der Waals surface area contributed by atoms with E-state index in [0.29, 0.717) is 13.0 Å². The van der Waals surface area contributed by atoms with E-state index in [1.54, 1.807) is 20.8 Å². The van der Waals surface area contributed by atoms with Gasteiger partial charge in [0.1, 0.15) is 5.60 Å². The number of carbonyl (C=O) groups is 2. The molecule has 2 rings (SSSR count). The van der Waals surface area contributed by atoms with Crippen LogP contribution in [0.3, 0.4) is 0 Å². The van der Waals surface area contributed by atoms with Crippen LogP contribution in [0.5, 0.6) is 0 Å². The average Bonchev–Trinajstić information content (AvgIpc) is 2.73. The summed E-state index contributed by atoms with van der Waals surface area (Å²) in [6.07, 6.45) is -0.122. The Morgan fingerprint density at radius 1 is 1.35 bits per heavy atom. The first-order chi connectivity index (χ1) is 10.5. The van der Waals surface area contributed by atoms with Crippen LogP contribution in [0.15, 0.2) is 0 Å². The molecule has 2 aliphatic rings. The van der Waals surface area contributed by atoms with Gasteiger partial charge in [-0.05, 0) is 33.6 Å². The molecular weight excluding hydrogens is 326 g/mol. The van der Waals surface area contributed by atoms with Crippen molar-refractivity contribution in [1.82, 2.24) is 5.32 Å². The maximum Gasteiger partial charge on any atom is 0.407 e. The van der Waals surface area contributed by atoms with Crippen molar-refractivity contribution in [2.45, 2.75) is 62.5 Å². The number of sulfone groups is 1. The molecule has 0 saturated carbocycles. The zero-order valence-electron chi connectivity index (χ0n) is 13.5. The molecule has 0 bridgehead atoms. The Balaban J connectivity index is 2.14. The lowest BCUT2D eigenvalue weighted by atomic mass is 9.86. The Hall–Kier alpha value is -1.35. The van der Waals surface area contributed by atoms with E-state index in [2.05, 4.69) is 5.32 Å².